The van der Waals surface area contributed by atoms with Crippen LogP contribution in [0.4, 0.5) is 13.2 Å². The maximum Gasteiger partial charge on any atom is 0.395 e. The van der Waals surface area contributed by atoms with Crippen LogP contribution in [0.25, 0.3) is 11.1 Å². The van der Waals surface area contributed by atoms with Gasteiger partial charge >= 0.3 is 12.2 Å². The van der Waals surface area contributed by atoms with Crippen molar-refractivity contribution in [3.8, 4) is 17.1 Å². The minimum Gasteiger partial charge on any atom is -0.463 e. The predicted octanol–water partition coefficient (Wildman–Crippen LogP) is 4.56. The zero-order valence-corrected chi connectivity index (χ0v) is 21.5. The van der Waals surface area contributed by atoms with E-state index < -0.39 is 17.7 Å². The lowest BCUT2D eigenvalue weighted by Crippen LogP contribution is -2.53. The largest absolute Gasteiger partial charge is 0.463 e. The summed E-state index contributed by atoms with van der Waals surface area (Å²) in [6, 6.07) is 7.53. The third-order valence-corrected chi connectivity index (χ3v) is 8.37. The van der Waals surface area contributed by atoms with Gasteiger partial charge in [-0.3, -0.25) is 4.79 Å². The molecule has 1 aliphatic carbocycles. The van der Waals surface area contributed by atoms with Crippen LogP contribution in [0.1, 0.15) is 55.3 Å². The topological polar surface area (TPSA) is 78.8 Å². The number of hydrogen-bond donors (Lipinski definition) is 1. The van der Waals surface area contributed by atoms with E-state index in [0.717, 1.165) is 36.8 Å². The molecular weight excluding hydrogens is 497 g/mol. The second kappa shape index (κ2) is 11.2. The molecule has 2 aliphatic heterocycles. The molecule has 1 aromatic heterocycles. The first-order chi connectivity index (χ1) is 18.2. The van der Waals surface area contributed by atoms with Crippen molar-refractivity contribution in [2.24, 2.45) is 11.3 Å². The summed E-state index contributed by atoms with van der Waals surface area (Å²) in [7, 11) is 0. The maximum absolute atomic E-state index is 13.5. The number of ether oxygens (including phenoxy) is 1. The molecule has 1 saturated carbocycles. The summed E-state index contributed by atoms with van der Waals surface area (Å²) < 4.78 is 46.2. The first-order valence-corrected chi connectivity index (χ1v) is 13.5. The lowest BCUT2D eigenvalue weighted by Gasteiger charge is -2.47. The minimum atomic E-state index is -4.12. The number of hydrogen-bond acceptors (Lipinski definition) is 6. The number of halogens is 3. The molecule has 10 heteroatoms. The number of nitrogens with zero attached hydrogens (tertiary/aromatic N) is 4. The van der Waals surface area contributed by atoms with Crippen LogP contribution in [-0.2, 0) is 0 Å². The van der Waals surface area contributed by atoms with Gasteiger partial charge in [-0.05, 0) is 75.2 Å². The van der Waals surface area contributed by atoms with E-state index in [1.54, 1.807) is 29.4 Å². The zero-order chi connectivity index (χ0) is 26.8. The number of likely N-dealkylation sites (tertiary alicyclic amines) is 2. The molecular formula is C28H35F3N4O3. The number of aliphatic hydroxyl groups excluding tert-OH is 1. The SMILES string of the molecule is O=C(c1ccc(-c2cnc(OCC3CCN(CC4(C(F)(F)F)CCC4)CC3)nc2)cc1)N1CCCC(O)C1. The van der Waals surface area contributed by atoms with E-state index >= 15 is 0 Å². The predicted molar refractivity (Wildman–Crippen MR) is 136 cm³/mol. The molecule has 0 bridgehead atoms. The molecule has 2 saturated heterocycles. The molecule has 38 heavy (non-hydrogen) atoms. The number of rotatable bonds is 7. The van der Waals surface area contributed by atoms with E-state index in [-0.39, 0.29) is 37.2 Å². The zero-order valence-electron chi connectivity index (χ0n) is 21.5. The van der Waals surface area contributed by atoms with Gasteiger partial charge in [0.1, 0.15) is 0 Å². The molecule has 7 nitrogen and oxygen atoms in total. The third kappa shape index (κ3) is 5.96. The highest BCUT2D eigenvalue weighted by Crippen LogP contribution is 2.53. The summed E-state index contributed by atoms with van der Waals surface area (Å²) in [5, 5.41) is 9.83. The van der Waals surface area contributed by atoms with Crippen molar-refractivity contribution in [2.45, 2.75) is 57.2 Å². The summed E-state index contributed by atoms with van der Waals surface area (Å²) in [5.74, 6) is 0.188. The van der Waals surface area contributed by atoms with Gasteiger partial charge in [-0.2, -0.15) is 13.2 Å². The molecule has 3 fully saturated rings. The number of alkyl halides is 3. The Balaban J connectivity index is 1.08. The molecule has 1 amide bonds. The number of amides is 1. The average Bonchev–Trinajstić information content (AvgIpc) is 2.89. The van der Waals surface area contributed by atoms with Gasteiger partial charge in [0.05, 0.1) is 18.1 Å². The molecule has 2 aromatic rings. The first-order valence-electron chi connectivity index (χ1n) is 13.5. The Bertz CT molecular complexity index is 1080. The van der Waals surface area contributed by atoms with Crippen LogP contribution in [0.3, 0.4) is 0 Å². The normalized spacial score (nSPS) is 22.6. The number of aromatic nitrogens is 2. The van der Waals surface area contributed by atoms with E-state index in [2.05, 4.69) is 9.97 Å². The molecule has 1 aromatic carbocycles. The Morgan fingerprint density at radius 2 is 1.68 bits per heavy atom. The Morgan fingerprint density at radius 3 is 2.26 bits per heavy atom. The van der Waals surface area contributed by atoms with E-state index in [1.807, 2.05) is 17.0 Å². The van der Waals surface area contributed by atoms with Gasteiger partial charge in [0.25, 0.3) is 5.91 Å². The molecule has 1 N–H and O–H groups in total. The molecule has 206 valence electrons. The summed E-state index contributed by atoms with van der Waals surface area (Å²) in [6.45, 7) is 2.90. The summed E-state index contributed by atoms with van der Waals surface area (Å²) >= 11 is 0. The highest BCUT2D eigenvalue weighted by Gasteiger charge is 2.58. The van der Waals surface area contributed by atoms with Crippen LogP contribution in [0.5, 0.6) is 6.01 Å². The number of piperidine rings is 2. The van der Waals surface area contributed by atoms with Gasteiger partial charge in [0.15, 0.2) is 0 Å². The molecule has 1 atom stereocenters. The van der Waals surface area contributed by atoms with Gasteiger partial charge in [-0.1, -0.05) is 18.6 Å². The van der Waals surface area contributed by atoms with Crippen molar-refractivity contribution in [1.82, 2.24) is 19.8 Å². The molecule has 0 spiro atoms. The van der Waals surface area contributed by atoms with Crippen LogP contribution in [0, 0.1) is 11.3 Å². The van der Waals surface area contributed by atoms with Gasteiger partial charge < -0.3 is 19.6 Å². The van der Waals surface area contributed by atoms with Gasteiger partial charge in [0, 0.05) is 43.2 Å². The standard InChI is InChI=1S/C28H35F3N4O3/c29-28(30,31)27(10-2-11-27)19-34-13-8-20(9-14-34)18-38-26-32-15-23(16-33-26)21-4-6-22(7-5-21)25(37)35-12-1-3-24(36)17-35/h4-7,15-16,20,24,36H,1-3,8-14,17-19H2. The second-order valence-electron chi connectivity index (χ2n) is 11.0. The van der Waals surface area contributed by atoms with Gasteiger partial charge in [0.2, 0.25) is 0 Å². The quantitative estimate of drug-likeness (QED) is 0.563. The maximum atomic E-state index is 13.5. The lowest BCUT2D eigenvalue weighted by atomic mass is 9.67. The van der Waals surface area contributed by atoms with E-state index in [9.17, 15) is 23.1 Å². The highest BCUT2D eigenvalue weighted by molar-refractivity contribution is 5.94. The molecule has 3 heterocycles. The van der Waals surface area contributed by atoms with Crippen molar-refractivity contribution in [3.63, 3.8) is 0 Å². The molecule has 3 aliphatic rings. The fourth-order valence-corrected chi connectivity index (χ4v) is 5.73. The summed E-state index contributed by atoms with van der Waals surface area (Å²) in [4.78, 5) is 25.0. The van der Waals surface area contributed by atoms with Crippen molar-refractivity contribution in [2.75, 3.05) is 39.3 Å². The Morgan fingerprint density at radius 1 is 1.00 bits per heavy atom. The highest BCUT2D eigenvalue weighted by atomic mass is 19.4. The molecule has 0 radical (unpaired) electrons. The van der Waals surface area contributed by atoms with Crippen molar-refractivity contribution in [3.05, 3.63) is 42.2 Å². The number of carbonyl (C=O) groups is 1. The monoisotopic (exact) mass is 532 g/mol. The van der Waals surface area contributed by atoms with Crippen LogP contribution in [-0.4, -0.2) is 82.4 Å². The van der Waals surface area contributed by atoms with Crippen molar-refractivity contribution < 1.29 is 27.8 Å². The fourth-order valence-electron chi connectivity index (χ4n) is 5.73. The molecule has 5 rings (SSSR count). The lowest BCUT2D eigenvalue weighted by molar-refractivity contribution is -0.256. The van der Waals surface area contributed by atoms with E-state index in [4.69, 9.17) is 4.74 Å². The Labute approximate surface area is 221 Å². The van der Waals surface area contributed by atoms with E-state index in [1.165, 1.54) is 0 Å². The minimum absolute atomic E-state index is 0.0796. The van der Waals surface area contributed by atoms with Crippen molar-refractivity contribution in [1.29, 1.82) is 0 Å². The summed E-state index contributed by atoms with van der Waals surface area (Å²) in [5.41, 5.74) is 0.754. The van der Waals surface area contributed by atoms with Crippen LogP contribution in [0.2, 0.25) is 0 Å². The van der Waals surface area contributed by atoms with Crippen LogP contribution >= 0.6 is 0 Å². The number of benzene rings is 1. The average molecular weight is 533 g/mol. The Hall–Kier alpha value is -2.72. The first kappa shape index (κ1) is 26.9. The number of aliphatic hydroxyl groups is 1. The smallest absolute Gasteiger partial charge is 0.395 e. The number of β-amino-alcohol motifs (C(OH)–C–C–N with tert-alkyl or cyclic N) is 1. The Kier molecular flexibility index (Phi) is 7.90. The van der Waals surface area contributed by atoms with Gasteiger partial charge in [-0.25, -0.2) is 9.97 Å². The fraction of sp³-hybridized carbons (Fsp3) is 0.607. The molecule has 1 unspecified atom stereocenters. The number of carbonyl (C=O) groups excluding carboxylic acids is 1. The third-order valence-electron chi connectivity index (χ3n) is 8.37. The summed E-state index contributed by atoms with van der Waals surface area (Å²) in [6.07, 6.45) is 3.07. The van der Waals surface area contributed by atoms with Crippen molar-refractivity contribution >= 4 is 5.91 Å². The van der Waals surface area contributed by atoms with Gasteiger partial charge in [-0.15, -0.1) is 0 Å². The second-order valence-corrected chi connectivity index (χ2v) is 11.0. The van der Waals surface area contributed by atoms with E-state index in [0.29, 0.717) is 44.8 Å². The van der Waals surface area contributed by atoms with Crippen LogP contribution < -0.4 is 4.74 Å². The van der Waals surface area contributed by atoms with Crippen LogP contribution in [0.15, 0.2) is 36.7 Å².